The Labute approximate surface area is 149 Å². The second-order valence-corrected chi connectivity index (χ2v) is 7.74. The Morgan fingerprint density at radius 3 is 2.80 bits per heavy atom. The number of hydrogen-bond donors (Lipinski definition) is 0. The second kappa shape index (κ2) is 7.28. The van der Waals surface area contributed by atoms with Gasteiger partial charge in [-0.15, -0.1) is 0 Å². The van der Waals surface area contributed by atoms with Crippen LogP contribution >= 0.6 is 0 Å². The van der Waals surface area contributed by atoms with Gasteiger partial charge >= 0.3 is 0 Å². The Morgan fingerprint density at radius 1 is 1.16 bits per heavy atom. The minimum atomic E-state index is -0.0300. The molecule has 6 heteroatoms. The third-order valence-corrected chi connectivity index (χ3v) is 5.85. The molecule has 136 valence electrons. The summed E-state index contributed by atoms with van der Waals surface area (Å²) >= 11 is 0. The first-order chi connectivity index (χ1) is 12.2. The van der Waals surface area contributed by atoms with Gasteiger partial charge in [-0.25, -0.2) is 0 Å². The zero-order valence-electron chi connectivity index (χ0n) is 15.1. The molecule has 1 amide bonds. The lowest BCUT2D eigenvalue weighted by molar-refractivity contribution is -0.138. The Hall–Kier alpha value is -1.69. The number of carbonyl (C=O) groups is 1. The molecule has 2 aliphatic heterocycles. The van der Waals surface area contributed by atoms with E-state index >= 15 is 0 Å². The van der Waals surface area contributed by atoms with E-state index in [0.717, 1.165) is 57.3 Å². The van der Waals surface area contributed by atoms with Gasteiger partial charge in [0.05, 0.1) is 0 Å². The van der Waals surface area contributed by atoms with Gasteiger partial charge < -0.3 is 14.3 Å². The summed E-state index contributed by atoms with van der Waals surface area (Å²) in [5.41, 5.74) is 1.13. The first-order valence-corrected chi connectivity index (χ1v) is 9.74. The predicted molar refractivity (Wildman–Crippen MR) is 94.7 cm³/mol. The van der Waals surface area contributed by atoms with Gasteiger partial charge in [-0.05, 0) is 39.2 Å². The molecule has 1 saturated heterocycles. The van der Waals surface area contributed by atoms with Gasteiger partial charge in [-0.2, -0.15) is 4.98 Å². The molecule has 4 rings (SSSR count). The first-order valence-electron chi connectivity index (χ1n) is 9.74. The molecule has 1 aliphatic carbocycles. The Kier molecular flexibility index (Phi) is 4.88. The Balaban J connectivity index is 1.49. The fraction of sp³-hybridized carbons (Fsp3) is 0.737. The fourth-order valence-electron chi connectivity index (χ4n) is 4.43. The summed E-state index contributed by atoms with van der Waals surface area (Å²) in [5, 5.41) is 4.21. The summed E-state index contributed by atoms with van der Waals surface area (Å²) in [6, 6.07) is -0.0300. The van der Waals surface area contributed by atoms with Crippen molar-refractivity contribution in [3.63, 3.8) is 0 Å². The molecule has 1 unspecified atom stereocenters. The van der Waals surface area contributed by atoms with E-state index in [1.54, 1.807) is 0 Å². The molecule has 0 radical (unpaired) electrons. The molecular weight excluding hydrogens is 316 g/mol. The molecule has 0 spiro atoms. The van der Waals surface area contributed by atoms with E-state index in [-0.39, 0.29) is 12.0 Å². The van der Waals surface area contributed by atoms with E-state index in [2.05, 4.69) is 28.2 Å². The molecule has 0 N–H and O–H groups in total. The number of likely N-dealkylation sites (tertiary alicyclic amines) is 1. The summed E-state index contributed by atoms with van der Waals surface area (Å²) in [5.74, 6) is 1.81. The van der Waals surface area contributed by atoms with Crippen molar-refractivity contribution in [2.45, 2.75) is 57.4 Å². The molecule has 25 heavy (non-hydrogen) atoms. The van der Waals surface area contributed by atoms with Crippen molar-refractivity contribution in [1.82, 2.24) is 19.9 Å². The van der Waals surface area contributed by atoms with Crippen molar-refractivity contribution >= 4 is 11.5 Å². The SMILES string of the molecule is CN1CCC=C(c2noc(C3CCCN3C(=O)C3CCCCC3)n2)C1. The third-order valence-electron chi connectivity index (χ3n) is 5.85. The van der Waals surface area contributed by atoms with Crippen LogP contribution in [-0.2, 0) is 4.79 Å². The molecule has 1 saturated carbocycles. The summed E-state index contributed by atoms with van der Waals surface area (Å²) in [6.45, 7) is 2.75. The number of nitrogens with zero attached hydrogens (tertiary/aromatic N) is 4. The van der Waals surface area contributed by atoms with Crippen molar-refractivity contribution in [3.05, 3.63) is 17.8 Å². The topological polar surface area (TPSA) is 62.5 Å². The fourth-order valence-corrected chi connectivity index (χ4v) is 4.43. The molecular formula is C19H28N4O2. The van der Waals surface area contributed by atoms with Crippen LogP contribution < -0.4 is 0 Å². The lowest BCUT2D eigenvalue weighted by Crippen LogP contribution is -2.36. The summed E-state index contributed by atoms with van der Waals surface area (Å²) in [4.78, 5) is 21.9. The molecule has 3 heterocycles. The maximum absolute atomic E-state index is 13.0. The lowest BCUT2D eigenvalue weighted by Gasteiger charge is -2.29. The number of hydrogen-bond acceptors (Lipinski definition) is 5. The van der Waals surface area contributed by atoms with Crippen LogP contribution in [0.15, 0.2) is 10.6 Å². The molecule has 1 aromatic heterocycles. The van der Waals surface area contributed by atoms with Gasteiger partial charge in [-0.1, -0.05) is 30.5 Å². The quantitative estimate of drug-likeness (QED) is 0.843. The van der Waals surface area contributed by atoms with Crippen molar-refractivity contribution in [3.8, 4) is 0 Å². The monoisotopic (exact) mass is 344 g/mol. The molecule has 0 bridgehead atoms. The molecule has 1 aromatic rings. The zero-order valence-corrected chi connectivity index (χ0v) is 15.1. The van der Waals surface area contributed by atoms with E-state index in [9.17, 15) is 4.79 Å². The van der Waals surface area contributed by atoms with Crippen LogP contribution in [0.25, 0.3) is 5.57 Å². The minimum absolute atomic E-state index is 0.0300. The number of likely N-dealkylation sites (N-methyl/N-ethyl adjacent to an activating group) is 1. The van der Waals surface area contributed by atoms with Crippen molar-refractivity contribution < 1.29 is 9.32 Å². The maximum Gasteiger partial charge on any atom is 0.249 e. The second-order valence-electron chi connectivity index (χ2n) is 7.74. The summed E-state index contributed by atoms with van der Waals surface area (Å²) in [7, 11) is 2.11. The largest absolute Gasteiger partial charge is 0.337 e. The van der Waals surface area contributed by atoms with Gasteiger partial charge in [0.2, 0.25) is 11.8 Å². The average Bonchev–Trinajstić information content (AvgIpc) is 3.31. The van der Waals surface area contributed by atoms with Gasteiger partial charge in [0.25, 0.3) is 0 Å². The summed E-state index contributed by atoms with van der Waals surface area (Å²) < 4.78 is 5.59. The van der Waals surface area contributed by atoms with Gasteiger partial charge in [0, 0.05) is 31.1 Å². The van der Waals surface area contributed by atoms with Crippen LogP contribution in [0.4, 0.5) is 0 Å². The van der Waals surface area contributed by atoms with Crippen LogP contribution in [0, 0.1) is 5.92 Å². The molecule has 1 atom stereocenters. The third kappa shape index (κ3) is 3.50. The molecule has 2 fully saturated rings. The standard InChI is InChI=1S/C19H28N4O2/c1-22-11-5-9-15(13-22)17-20-18(25-21-17)16-10-6-12-23(16)19(24)14-7-3-2-4-8-14/h9,14,16H,2-8,10-13H2,1H3. The Bertz CT molecular complexity index is 648. The highest BCUT2D eigenvalue weighted by Gasteiger charge is 2.37. The van der Waals surface area contributed by atoms with Crippen LogP contribution in [-0.4, -0.2) is 52.5 Å². The molecule has 3 aliphatic rings. The van der Waals surface area contributed by atoms with Gasteiger partial charge in [0.15, 0.2) is 5.82 Å². The molecule has 0 aromatic carbocycles. The lowest BCUT2D eigenvalue weighted by atomic mass is 9.88. The maximum atomic E-state index is 13.0. The van der Waals surface area contributed by atoms with Crippen LogP contribution in [0.1, 0.15) is 69.1 Å². The van der Waals surface area contributed by atoms with Crippen LogP contribution in [0.3, 0.4) is 0 Å². The van der Waals surface area contributed by atoms with E-state index in [1.165, 1.54) is 19.3 Å². The average molecular weight is 344 g/mol. The van der Waals surface area contributed by atoms with E-state index < -0.39 is 0 Å². The van der Waals surface area contributed by atoms with Crippen molar-refractivity contribution in [2.24, 2.45) is 5.92 Å². The first kappa shape index (κ1) is 16.8. The van der Waals surface area contributed by atoms with Gasteiger partial charge in [0.1, 0.15) is 6.04 Å². The van der Waals surface area contributed by atoms with E-state index in [1.807, 2.05) is 4.90 Å². The van der Waals surface area contributed by atoms with Crippen molar-refractivity contribution in [2.75, 3.05) is 26.7 Å². The zero-order chi connectivity index (χ0) is 17.2. The molecule has 6 nitrogen and oxygen atoms in total. The minimum Gasteiger partial charge on any atom is -0.337 e. The van der Waals surface area contributed by atoms with Gasteiger partial charge in [-0.3, -0.25) is 4.79 Å². The van der Waals surface area contributed by atoms with Crippen LogP contribution in [0.5, 0.6) is 0 Å². The number of amides is 1. The Morgan fingerprint density at radius 2 is 2.00 bits per heavy atom. The van der Waals surface area contributed by atoms with Crippen LogP contribution in [0.2, 0.25) is 0 Å². The normalized spacial score (nSPS) is 26.0. The number of carbonyl (C=O) groups excluding carboxylic acids is 1. The number of rotatable bonds is 3. The van der Waals surface area contributed by atoms with E-state index in [4.69, 9.17) is 4.52 Å². The highest BCUT2D eigenvalue weighted by Crippen LogP contribution is 2.35. The highest BCUT2D eigenvalue weighted by atomic mass is 16.5. The van der Waals surface area contributed by atoms with E-state index in [0.29, 0.717) is 17.6 Å². The smallest absolute Gasteiger partial charge is 0.249 e. The summed E-state index contributed by atoms with van der Waals surface area (Å²) in [6.07, 6.45) is 10.9. The van der Waals surface area contributed by atoms with Crippen molar-refractivity contribution in [1.29, 1.82) is 0 Å². The highest BCUT2D eigenvalue weighted by molar-refractivity contribution is 5.79. The number of aromatic nitrogens is 2. The predicted octanol–water partition coefficient (Wildman–Crippen LogP) is 3.03.